The molecular formula is C18H21N5OS. The van der Waals surface area contributed by atoms with E-state index < -0.39 is 0 Å². The Kier molecular flexibility index (Phi) is 5.03. The third-order valence-electron chi connectivity index (χ3n) is 3.91. The van der Waals surface area contributed by atoms with E-state index in [2.05, 4.69) is 27.3 Å². The van der Waals surface area contributed by atoms with E-state index in [4.69, 9.17) is 0 Å². The summed E-state index contributed by atoms with van der Waals surface area (Å²) in [5, 5.41) is 8.30. The lowest BCUT2D eigenvalue weighted by Gasteiger charge is -2.15. The molecule has 0 saturated heterocycles. The number of benzene rings is 1. The van der Waals surface area contributed by atoms with Crippen LogP contribution in [0.4, 0.5) is 5.69 Å². The summed E-state index contributed by atoms with van der Waals surface area (Å²) in [6.45, 7) is 7.85. The van der Waals surface area contributed by atoms with Gasteiger partial charge in [-0.1, -0.05) is 44.7 Å². The van der Waals surface area contributed by atoms with Gasteiger partial charge in [0.25, 0.3) is 5.78 Å². The van der Waals surface area contributed by atoms with Gasteiger partial charge >= 0.3 is 0 Å². The van der Waals surface area contributed by atoms with E-state index in [0.29, 0.717) is 5.78 Å². The molecule has 0 bridgehead atoms. The van der Waals surface area contributed by atoms with E-state index in [1.807, 2.05) is 45.0 Å². The van der Waals surface area contributed by atoms with Crippen molar-refractivity contribution >= 4 is 29.1 Å². The van der Waals surface area contributed by atoms with Crippen LogP contribution in [-0.2, 0) is 11.2 Å². The van der Waals surface area contributed by atoms with Crippen LogP contribution in [0.15, 0.2) is 40.5 Å². The summed E-state index contributed by atoms with van der Waals surface area (Å²) in [6.07, 6.45) is 2.36. The highest BCUT2D eigenvalue weighted by Gasteiger charge is 2.17. The Morgan fingerprint density at radius 2 is 2.08 bits per heavy atom. The first-order chi connectivity index (χ1) is 12.0. The maximum Gasteiger partial charge on any atom is 0.253 e. The van der Waals surface area contributed by atoms with Gasteiger partial charge in [0, 0.05) is 22.1 Å². The summed E-state index contributed by atoms with van der Waals surface area (Å²) in [5.74, 6) is 0.510. The molecule has 0 unspecified atom stereocenters. The van der Waals surface area contributed by atoms with Crippen molar-refractivity contribution in [1.82, 2.24) is 19.6 Å². The third kappa shape index (κ3) is 3.51. The normalized spacial score (nSPS) is 11.2. The lowest BCUT2D eigenvalue weighted by Crippen LogP contribution is -2.18. The van der Waals surface area contributed by atoms with Gasteiger partial charge in [0.05, 0.1) is 5.69 Å². The fourth-order valence-electron chi connectivity index (χ4n) is 2.51. The van der Waals surface area contributed by atoms with Gasteiger partial charge in [-0.25, -0.2) is 4.98 Å². The molecule has 2 aromatic heterocycles. The SMILES string of the molecule is CCc1c(C)nc2ncnn2c1Sc1ccccc1NC(=O)C(C)C. The Morgan fingerprint density at radius 1 is 1.32 bits per heavy atom. The van der Waals surface area contributed by atoms with E-state index in [0.717, 1.165) is 33.3 Å². The molecule has 0 atom stereocenters. The average Bonchev–Trinajstić information content (AvgIpc) is 3.04. The zero-order valence-electron chi connectivity index (χ0n) is 14.8. The Balaban J connectivity index is 2.05. The van der Waals surface area contributed by atoms with Crippen LogP contribution in [-0.4, -0.2) is 25.5 Å². The molecule has 1 N–H and O–H groups in total. The van der Waals surface area contributed by atoms with Crippen molar-refractivity contribution in [1.29, 1.82) is 0 Å². The van der Waals surface area contributed by atoms with E-state index in [1.165, 1.54) is 6.33 Å². The topological polar surface area (TPSA) is 72.2 Å². The van der Waals surface area contributed by atoms with Crippen LogP contribution in [0.2, 0.25) is 0 Å². The number of aromatic nitrogens is 4. The van der Waals surface area contributed by atoms with Crippen LogP contribution in [0.1, 0.15) is 32.0 Å². The second kappa shape index (κ2) is 7.23. The van der Waals surface area contributed by atoms with Crippen LogP contribution >= 0.6 is 11.8 Å². The Labute approximate surface area is 151 Å². The molecular weight excluding hydrogens is 334 g/mol. The van der Waals surface area contributed by atoms with Gasteiger partial charge in [0.15, 0.2) is 0 Å². The van der Waals surface area contributed by atoms with Crippen molar-refractivity contribution in [2.24, 2.45) is 5.92 Å². The number of hydrogen-bond acceptors (Lipinski definition) is 5. The number of amides is 1. The molecule has 0 aliphatic rings. The summed E-state index contributed by atoms with van der Waals surface area (Å²) < 4.78 is 1.76. The summed E-state index contributed by atoms with van der Waals surface area (Å²) in [5.41, 5.74) is 2.89. The summed E-state index contributed by atoms with van der Waals surface area (Å²) in [7, 11) is 0. The molecule has 0 spiro atoms. The number of anilines is 1. The number of carbonyl (C=O) groups is 1. The van der Waals surface area contributed by atoms with E-state index in [1.54, 1.807) is 16.3 Å². The minimum atomic E-state index is -0.0746. The van der Waals surface area contributed by atoms with Crippen LogP contribution in [0.25, 0.3) is 5.78 Å². The van der Waals surface area contributed by atoms with Gasteiger partial charge in [0.2, 0.25) is 5.91 Å². The highest BCUT2D eigenvalue weighted by molar-refractivity contribution is 7.99. The van der Waals surface area contributed by atoms with E-state index in [9.17, 15) is 4.79 Å². The molecule has 1 amide bonds. The van der Waals surface area contributed by atoms with E-state index in [-0.39, 0.29) is 11.8 Å². The predicted octanol–water partition coefficient (Wildman–Crippen LogP) is 3.74. The molecule has 3 aromatic rings. The minimum absolute atomic E-state index is 0.000534. The number of para-hydroxylation sites is 1. The van der Waals surface area contributed by atoms with Gasteiger partial charge in [-0.3, -0.25) is 4.79 Å². The minimum Gasteiger partial charge on any atom is -0.325 e. The van der Waals surface area contributed by atoms with Gasteiger partial charge in [-0.05, 0) is 25.5 Å². The predicted molar refractivity (Wildman–Crippen MR) is 98.9 cm³/mol. The fraction of sp³-hybridized carbons (Fsp3) is 0.333. The van der Waals surface area contributed by atoms with Crippen molar-refractivity contribution < 1.29 is 4.79 Å². The monoisotopic (exact) mass is 355 g/mol. The van der Waals surface area contributed by atoms with Gasteiger partial charge in [0.1, 0.15) is 11.4 Å². The number of nitrogens with one attached hydrogen (secondary N) is 1. The second-order valence-electron chi connectivity index (χ2n) is 6.05. The lowest BCUT2D eigenvalue weighted by atomic mass is 10.2. The largest absolute Gasteiger partial charge is 0.325 e. The van der Waals surface area contributed by atoms with Crippen LogP contribution in [0.5, 0.6) is 0 Å². The smallest absolute Gasteiger partial charge is 0.253 e. The number of rotatable bonds is 5. The molecule has 0 radical (unpaired) electrons. The van der Waals surface area contributed by atoms with Crippen molar-refractivity contribution in [3.05, 3.63) is 41.9 Å². The third-order valence-corrected chi connectivity index (χ3v) is 5.10. The molecule has 0 aliphatic carbocycles. The first-order valence-corrected chi connectivity index (χ1v) is 9.09. The molecule has 2 heterocycles. The molecule has 0 fully saturated rings. The molecule has 6 nitrogen and oxygen atoms in total. The van der Waals surface area contributed by atoms with Gasteiger partial charge < -0.3 is 5.32 Å². The lowest BCUT2D eigenvalue weighted by molar-refractivity contribution is -0.118. The average molecular weight is 355 g/mol. The quantitative estimate of drug-likeness (QED) is 0.706. The molecule has 25 heavy (non-hydrogen) atoms. The first kappa shape index (κ1) is 17.4. The zero-order chi connectivity index (χ0) is 18.0. The maximum absolute atomic E-state index is 12.1. The van der Waals surface area contributed by atoms with E-state index >= 15 is 0 Å². The number of aryl methyl sites for hydroxylation is 1. The summed E-state index contributed by atoms with van der Waals surface area (Å²) in [4.78, 5) is 21.8. The maximum atomic E-state index is 12.1. The number of carbonyl (C=O) groups excluding carboxylic acids is 1. The molecule has 3 rings (SSSR count). The van der Waals surface area contributed by atoms with Gasteiger partial charge in [-0.15, -0.1) is 0 Å². The Morgan fingerprint density at radius 3 is 2.80 bits per heavy atom. The van der Waals surface area contributed by atoms with Crippen LogP contribution in [0.3, 0.4) is 0 Å². The van der Waals surface area contributed by atoms with Crippen molar-refractivity contribution in [2.45, 2.75) is 44.0 Å². The van der Waals surface area contributed by atoms with Gasteiger partial charge in [-0.2, -0.15) is 14.6 Å². The first-order valence-electron chi connectivity index (χ1n) is 8.28. The van der Waals surface area contributed by atoms with Crippen LogP contribution < -0.4 is 5.32 Å². The van der Waals surface area contributed by atoms with Crippen LogP contribution in [0, 0.1) is 12.8 Å². The highest BCUT2D eigenvalue weighted by Crippen LogP contribution is 2.36. The fourth-order valence-corrected chi connectivity index (χ4v) is 3.72. The number of fused-ring (bicyclic) bond motifs is 1. The molecule has 130 valence electrons. The zero-order valence-corrected chi connectivity index (χ0v) is 15.6. The Hall–Kier alpha value is -2.41. The summed E-state index contributed by atoms with van der Waals surface area (Å²) in [6, 6.07) is 7.80. The molecule has 1 aromatic carbocycles. The molecule has 0 saturated carbocycles. The standard InChI is InChI=1S/C18H21N5OS/c1-5-13-12(4)21-18-19-10-20-23(18)17(13)25-15-9-7-6-8-14(15)22-16(24)11(2)3/h6-11H,5H2,1-4H3,(H,22,24). The van der Waals surface area contributed by atoms with Crippen molar-refractivity contribution in [3.8, 4) is 0 Å². The Bertz CT molecular complexity index is 919. The number of hydrogen-bond donors (Lipinski definition) is 1. The molecule has 0 aliphatic heterocycles. The molecule has 7 heteroatoms. The van der Waals surface area contributed by atoms with Crippen molar-refractivity contribution in [3.63, 3.8) is 0 Å². The highest BCUT2D eigenvalue weighted by atomic mass is 32.2. The second-order valence-corrected chi connectivity index (χ2v) is 7.08. The van der Waals surface area contributed by atoms with Crippen molar-refractivity contribution in [2.75, 3.05) is 5.32 Å². The summed E-state index contributed by atoms with van der Waals surface area (Å²) >= 11 is 1.57. The number of nitrogens with zero attached hydrogens (tertiary/aromatic N) is 4.